The van der Waals surface area contributed by atoms with E-state index < -0.39 is 12.1 Å². The van der Waals surface area contributed by atoms with Crippen molar-refractivity contribution in [3.63, 3.8) is 0 Å². The van der Waals surface area contributed by atoms with Crippen LogP contribution < -0.4 is 14.9 Å². The number of benzene rings is 3. The third kappa shape index (κ3) is 5.38. The topological polar surface area (TPSA) is 69.5 Å². The molecule has 3 aromatic carbocycles. The number of hydrogen-bond acceptors (Lipinski definition) is 5. The van der Waals surface area contributed by atoms with Crippen molar-refractivity contribution in [2.45, 2.75) is 57.3 Å². The van der Waals surface area contributed by atoms with Crippen LogP contribution in [0.1, 0.15) is 52.0 Å². The molecule has 2 heterocycles. The van der Waals surface area contributed by atoms with Crippen LogP contribution in [0, 0.1) is 0 Å². The summed E-state index contributed by atoms with van der Waals surface area (Å²) in [5, 5.41) is 19.4. The number of nitrogens with one attached hydrogen (secondary N) is 2. The average molecular weight is 555 g/mol. The lowest BCUT2D eigenvalue weighted by Crippen LogP contribution is -2.49. The van der Waals surface area contributed by atoms with Crippen LogP contribution in [0.4, 0.5) is 5.69 Å². The molecule has 0 bridgehead atoms. The van der Waals surface area contributed by atoms with Gasteiger partial charge in [0.2, 0.25) is 0 Å². The molecule has 3 atom stereocenters. The van der Waals surface area contributed by atoms with E-state index in [4.69, 9.17) is 0 Å². The van der Waals surface area contributed by atoms with Gasteiger partial charge in [0.05, 0.1) is 23.3 Å². The molecule has 1 aromatic heterocycles. The fraction of sp³-hybridized carbons (Fsp3) is 0.364. The minimum atomic E-state index is -0.743. The zero-order valence-corrected chi connectivity index (χ0v) is 24.1. The van der Waals surface area contributed by atoms with Crippen molar-refractivity contribution in [2.75, 3.05) is 23.7 Å². The number of aromatic nitrogens is 1. The molecule has 0 fully saturated rings. The van der Waals surface area contributed by atoms with E-state index in [1.54, 1.807) is 11.9 Å². The van der Waals surface area contributed by atoms with Crippen molar-refractivity contribution < 1.29 is 9.90 Å². The maximum Gasteiger partial charge on any atom is 0.251 e. The molecule has 1 aliphatic carbocycles. The summed E-state index contributed by atoms with van der Waals surface area (Å²) in [5.74, 6) is 0.838. The second-order valence-corrected chi connectivity index (χ2v) is 12.2. The summed E-state index contributed by atoms with van der Waals surface area (Å²) < 4.78 is 4.51. The van der Waals surface area contributed by atoms with Crippen LogP contribution in [0.2, 0.25) is 0 Å². The molecule has 3 N–H and O–H groups in total. The van der Waals surface area contributed by atoms with Crippen LogP contribution in [0.3, 0.4) is 0 Å². The van der Waals surface area contributed by atoms with Crippen LogP contribution in [-0.4, -0.2) is 47.1 Å². The van der Waals surface area contributed by atoms with E-state index in [9.17, 15) is 9.90 Å². The third-order valence-corrected chi connectivity index (χ3v) is 9.37. The summed E-state index contributed by atoms with van der Waals surface area (Å²) in [6.07, 6.45) is 5.04. The molecule has 4 aromatic rings. The van der Waals surface area contributed by atoms with Crippen LogP contribution in [0.5, 0.6) is 0 Å². The predicted molar refractivity (Wildman–Crippen MR) is 165 cm³/mol. The van der Waals surface area contributed by atoms with Gasteiger partial charge in [-0.3, -0.25) is 4.79 Å². The van der Waals surface area contributed by atoms with Gasteiger partial charge in [0.25, 0.3) is 5.91 Å². The molecule has 6 nitrogen and oxygen atoms in total. The minimum Gasteiger partial charge on any atom is -0.390 e. The van der Waals surface area contributed by atoms with Gasteiger partial charge in [-0.05, 0) is 72.0 Å². The minimum absolute atomic E-state index is 0.151. The zero-order chi connectivity index (χ0) is 27.6. The number of carbonyl (C=O) groups excluding carboxylic acids is 1. The first-order chi connectivity index (χ1) is 19.5. The first kappa shape index (κ1) is 26.9. The Morgan fingerprint density at radius 2 is 1.93 bits per heavy atom. The van der Waals surface area contributed by atoms with E-state index in [1.807, 2.05) is 30.3 Å². The Kier molecular flexibility index (Phi) is 7.87. The number of amides is 1. The van der Waals surface area contributed by atoms with Gasteiger partial charge < -0.3 is 24.6 Å². The fourth-order valence-electron chi connectivity index (χ4n) is 6.24. The quantitative estimate of drug-likeness (QED) is 0.246. The van der Waals surface area contributed by atoms with Crippen molar-refractivity contribution in [2.24, 2.45) is 0 Å². The van der Waals surface area contributed by atoms with E-state index in [0.717, 1.165) is 48.2 Å². The summed E-state index contributed by atoms with van der Waals surface area (Å²) in [7, 11) is 2.07. The first-order valence-electron chi connectivity index (χ1n) is 14.4. The highest BCUT2D eigenvalue weighted by atomic mass is 32.2. The number of aliphatic hydroxyl groups is 1. The zero-order valence-electron chi connectivity index (χ0n) is 23.3. The van der Waals surface area contributed by atoms with Gasteiger partial charge in [-0.25, -0.2) is 0 Å². The first-order valence-corrected chi connectivity index (χ1v) is 15.3. The number of aryl methyl sites for hydroxylation is 3. The smallest absolute Gasteiger partial charge is 0.251 e. The highest BCUT2D eigenvalue weighted by Crippen LogP contribution is 2.37. The number of nitrogens with zero attached hydrogens (tertiary/aromatic N) is 2. The van der Waals surface area contributed by atoms with E-state index in [-0.39, 0.29) is 11.9 Å². The van der Waals surface area contributed by atoms with E-state index in [2.05, 4.69) is 76.1 Å². The maximum atomic E-state index is 13.8. The summed E-state index contributed by atoms with van der Waals surface area (Å²) in [6.45, 7) is 3.52. The average Bonchev–Trinajstić information content (AvgIpc) is 3.51. The van der Waals surface area contributed by atoms with Crippen molar-refractivity contribution in [3.05, 3.63) is 101 Å². The maximum absolute atomic E-state index is 13.8. The Hall–Kier alpha value is -3.26. The second-order valence-electron chi connectivity index (χ2n) is 11.0. The van der Waals surface area contributed by atoms with Crippen LogP contribution >= 0.6 is 11.9 Å². The number of hydrogen-bond donors (Lipinski definition) is 3. The van der Waals surface area contributed by atoms with Crippen molar-refractivity contribution in [1.29, 1.82) is 0 Å². The second kappa shape index (κ2) is 11.7. The van der Waals surface area contributed by atoms with Gasteiger partial charge in [-0.1, -0.05) is 61.5 Å². The number of anilines is 1. The van der Waals surface area contributed by atoms with Crippen molar-refractivity contribution >= 4 is 34.4 Å². The van der Waals surface area contributed by atoms with E-state index in [1.165, 1.54) is 22.2 Å². The molecule has 7 heteroatoms. The van der Waals surface area contributed by atoms with Gasteiger partial charge in [-0.2, -0.15) is 0 Å². The highest BCUT2D eigenvalue weighted by molar-refractivity contribution is 8.00. The molecular weight excluding hydrogens is 516 g/mol. The summed E-state index contributed by atoms with van der Waals surface area (Å²) in [4.78, 5) is 13.8. The molecule has 208 valence electrons. The lowest BCUT2D eigenvalue weighted by Gasteiger charge is -2.27. The summed E-state index contributed by atoms with van der Waals surface area (Å²) >= 11 is 1.77. The van der Waals surface area contributed by atoms with Crippen LogP contribution in [0.15, 0.2) is 72.9 Å². The molecule has 0 saturated carbocycles. The molecule has 0 radical (unpaired) electrons. The fourth-order valence-corrected chi connectivity index (χ4v) is 7.07. The van der Waals surface area contributed by atoms with E-state index in [0.29, 0.717) is 18.5 Å². The number of rotatable bonds is 9. The number of fused-ring (bicyclic) bond motifs is 1. The normalized spacial score (nSPS) is 17.9. The van der Waals surface area contributed by atoms with Gasteiger partial charge in [0.1, 0.15) is 0 Å². The molecular formula is C33H38N4O2S. The standard InChI is InChI=1S/C33H38N4O2S/c1-3-23-21-37-15-16-40-36(2)30-19-25(18-27(23)32(30)37)33(39)35-29(17-22-9-5-4-6-10-22)31(38)20-34-28-14-13-24-11-7-8-12-26(24)28/h4-12,18-19,21,28-29,31,34,38H,3,13-17,20H2,1-2H3,(H,35,39)/t28-,29-,31+/m0/s1. The Balaban J connectivity index is 1.25. The van der Waals surface area contributed by atoms with Gasteiger partial charge in [0.15, 0.2) is 0 Å². The Morgan fingerprint density at radius 3 is 2.75 bits per heavy atom. The molecule has 40 heavy (non-hydrogen) atoms. The van der Waals surface area contributed by atoms with Crippen molar-refractivity contribution in [3.8, 4) is 0 Å². The molecule has 0 saturated heterocycles. The lowest BCUT2D eigenvalue weighted by molar-refractivity contribution is 0.0824. The molecule has 0 unspecified atom stereocenters. The predicted octanol–water partition coefficient (Wildman–Crippen LogP) is 5.28. The van der Waals surface area contributed by atoms with Crippen LogP contribution in [-0.2, 0) is 25.8 Å². The van der Waals surface area contributed by atoms with Gasteiger partial charge in [-0.15, -0.1) is 0 Å². The van der Waals surface area contributed by atoms with Crippen LogP contribution in [0.25, 0.3) is 10.9 Å². The molecule has 1 amide bonds. The lowest BCUT2D eigenvalue weighted by atomic mass is 9.99. The van der Waals surface area contributed by atoms with Gasteiger partial charge >= 0.3 is 0 Å². The molecule has 6 rings (SSSR count). The Morgan fingerprint density at radius 1 is 1.12 bits per heavy atom. The van der Waals surface area contributed by atoms with Crippen molar-refractivity contribution in [1.82, 2.24) is 15.2 Å². The number of aliphatic hydroxyl groups excluding tert-OH is 1. The Bertz CT molecular complexity index is 1500. The number of carbonyl (C=O) groups is 1. The molecule has 0 spiro atoms. The summed E-state index contributed by atoms with van der Waals surface area (Å²) in [5.41, 5.74) is 7.93. The SMILES string of the molecule is CCc1cn2c3c(cc(C(=O)N[C@@H](Cc4ccccc4)[C@H](O)CN[C@H]4CCc5ccccc54)cc13)N(C)SCC2. The highest BCUT2D eigenvalue weighted by Gasteiger charge is 2.27. The van der Waals surface area contributed by atoms with Gasteiger partial charge in [0, 0.05) is 49.1 Å². The molecule has 1 aliphatic heterocycles. The third-order valence-electron chi connectivity index (χ3n) is 8.42. The summed E-state index contributed by atoms with van der Waals surface area (Å²) in [6, 6.07) is 22.4. The van der Waals surface area contributed by atoms with E-state index >= 15 is 0 Å². The Labute approximate surface area is 240 Å². The monoisotopic (exact) mass is 554 g/mol. The molecule has 2 aliphatic rings. The largest absolute Gasteiger partial charge is 0.390 e.